The molecule has 0 N–H and O–H groups in total. The summed E-state index contributed by atoms with van der Waals surface area (Å²) in [5.74, 6) is 0. The number of rotatable bonds is 2. The molecule has 0 saturated carbocycles. The number of hydrogen-bond donors (Lipinski definition) is 0. The Morgan fingerprint density at radius 3 is 2.44 bits per heavy atom. The quantitative estimate of drug-likeness (QED) is 0.511. The third-order valence-electron chi connectivity index (χ3n) is 1.69. The average Bonchev–Trinajstić information content (AvgIpc) is 2.33. The molecule has 0 saturated heterocycles. The SMILES string of the molecule is C=CC1=C(C=O)CCC1. The van der Waals surface area contributed by atoms with Gasteiger partial charge < -0.3 is 0 Å². The van der Waals surface area contributed by atoms with E-state index in [0.29, 0.717) is 0 Å². The van der Waals surface area contributed by atoms with Gasteiger partial charge in [-0.15, -0.1) is 0 Å². The first kappa shape index (κ1) is 6.27. The third-order valence-corrected chi connectivity index (χ3v) is 1.69. The van der Waals surface area contributed by atoms with Crippen LogP contribution >= 0.6 is 0 Å². The summed E-state index contributed by atoms with van der Waals surface area (Å²) in [6.07, 6.45) is 5.85. The van der Waals surface area contributed by atoms with Crippen molar-refractivity contribution in [1.82, 2.24) is 0 Å². The van der Waals surface area contributed by atoms with Gasteiger partial charge in [0.05, 0.1) is 0 Å². The highest BCUT2D eigenvalue weighted by Crippen LogP contribution is 2.24. The Hall–Kier alpha value is -0.850. The molecule has 0 aromatic heterocycles. The Morgan fingerprint density at radius 1 is 1.33 bits per heavy atom. The Labute approximate surface area is 55.1 Å². The van der Waals surface area contributed by atoms with Crippen LogP contribution in [0.4, 0.5) is 0 Å². The fraction of sp³-hybridized carbons (Fsp3) is 0.375. The van der Waals surface area contributed by atoms with Gasteiger partial charge in [0.1, 0.15) is 6.29 Å². The van der Waals surface area contributed by atoms with Crippen molar-refractivity contribution in [1.29, 1.82) is 0 Å². The van der Waals surface area contributed by atoms with E-state index in [1.165, 1.54) is 0 Å². The molecule has 0 aromatic carbocycles. The van der Waals surface area contributed by atoms with E-state index in [1.807, 2.05) is 0 Å². The molecule has 0 radical (unpaired) electrons. The highest BCUT2D eigenvalue weighted by Gasteiger charge is 2.09. The topological polar surface area (TPSA) is 17.1 Å². The van der Waals surface area contributed by atoms with Crippen LogP contribution in [0.25, 0.3) is 0 Å². The predicted octanol–water partition coefficient (Wildman–Crippen LogP) is 1.85. The summed E-state index contributed by atoms with van der Waals surface area (Å²) in [5.41, 5.74) is 2.09. The first-order valence-electron chi connectivity index (χ1n) is 3.18. The highest BCUT2D eigenvalue weighted by molar-refractivity contribution is 5.76. The second-order valence-corrected chi connectivity index (χ2v) is 2.23. The van der Waals surface area contributed by atoms with E-state index in [1.54, 1.807) is 6.08 Å². The lowest BCUT2D eigenvalue weighted by molar-refractivity contribution is -0.105. The van der Waals surface area contributed by atoms with E-state index in [2.05, 4.69) is 6.58 Å². The van der Waals surface area contributed by atoms with E-state index in [0.717, 1.165) is 36.7 Å². The molecule has 9 heavy (non-hydrogen) atoms. The summed E-state index contributed by atoms with van der Waals surface area (Å²) < 4.78 is 0. The number of carbonyl (C=O) groups is 1. The Balaban J connectivity index is 2.81. The maximum absolute atomic E-state index is 10.3. The molecule has 1 aliphatic rings. The van der Waals surface area contributed by atoms with Crippen LogP contribution in [0, 0.1) is 0 Å². The van der Waals surface area contributed by atoms with E-state index in [4.69, 9.17) is 0 Å². The van der Waals surface area contributed by atoms with Crippen molar-refractivity contribution in [3.05, 3.63) is 23.8 Å². The molecule has 0 spiro atoms. The summed E-state index contributed by atoms with van der Waals surface area (Å²) in [7, 11) is 0. The molecule has 0 atom stereocenters. The second kappa shape index (κ2) is 2.62. The van der Waals surface area contributed by atoms with Crippen LogP contribution in [-0.2, 0) is 4.79 Å². The summed E-state index contributed by atoms with van der Waals surface area (Å²) in [5, 5.41) is 0. The summed E-state index contributed by atoms with van der Waals surface area (Å²) in [6.45, 7) is 3.62. The van der Waals surface area contributed by atoms with Gasteiger partial charge in [-0.1, -0.05) is 12.7 Å². The van der Waals surface area contributed by atoms with Gasteiger partial charge in [-0.2, -0.15) is 0 Å². The molecule has 0 amide bonds. The zero-order valence-corrected chi connectivity index (χ0v) is 5.39. The van der Waals surface area contributed by atoms with Crippen LogP contribution in [0.2, 0.25) is 0 Å². The van der Waals surface area contributed by atoms with E-state index in [-0.39, 0.29) is 0 Å². The molecule has 1 rings (SSSR count). The van der Waals surface area contributed by atoms with Crippen molar-refractivity contribution in [3.8, 4) is 0 Å². The average molecular weight is 122 g/mol. The monoisotopic (exact) mass is 122 g/mol. The van der Waals surface area contributed by atoms with E-state index >= 15 is 0 Å². The van der Waals surface area contributed by atoms with Crippen LogP contribution in [0.5, 0.6) is 0 Å². The molecule has 0 aliphatic heterocycles. The van der Waals surface area contributed by atoms with Crippen molar-refractivity contribution >= 4 is 6.29 Å². The lowest BCUT2D eigenvalue weighted by Gasteiger charge is -1.89. The lowest BCUT2D eigenvalue weighted by atomic mass is 10.2. The molecular weight excluding hydrogens is 112 g/mol. The van der Waals surface area contributed by atoms with Crippen molar-refractivity contribution in [2.75, 3.05) is 0 Å². The van der Waals surface area contributed by atoms with Gasteiger partial charge in [0.25, 0.3) is 0 Å². The Bertz CT molecular complexity index is 147. The molecule has 0 aromatic rings. The highest BCUT2D eigenvalue weighted by atomic mass is 16.1. The minimum absolute atomic E-state index is 0.948. The predicted molar refractivity (Wildman–Crippen MR) is 37.1 cm³/mol. The summed E-state index contributed by atoms with van der Waals surface area (Å²) >= 11 is 0. The molecule has 1 heteroatoms. The summed E-state index contributed by atoms with van der Waals surface area (Å²) in [6, 6.07) is 0. The first-order chi connectivity index (χ1) is 4.38. The zero-order chi connectivity index (χ0) is 6.69. The van der Waals surface area contributed by atoms with Crippen LogP contribution in [0.1, 0.15) is 19.3 Å². The van der Waals surface area contributed by atoms with Gasteiger partial charge in [0.2, 0.25) is 0 Å². The fourth-order valence-corrected chi connectivity index (χ4v) is 1.16. The molecule has 0 unspecified atom stereocenters. The van der Waals surface area contributed by atoms with Crippen LogP contribution in [0.3, 0.4) is 0 Å². The maximum Gasteiger partial charge on any atom is 0.146 e. The van der Waals surface area contributed by atoms with Crippen LogP contribution in [0.15, 0.2) is 23.8 Å². The maximum atomic E-state index is 10.3. The Morgan fingerprint density at radius 2 is 2.00 bits per heavy atom. The van der Waals surface area contributed by atoms with Gasteiger partial charge in [-0.05, 0) is 30.4 Å². The van der Waals surface area contributed by atoms with E-state index < -0.39 is 0 Å². The van der Waals surface area contributed by atoms with Crippen molar-refractivity contribution in [3.63, 3.8) is 0 Å². The van der Waals surface area contributed by atoms with Crippen LogP contribution < -0.4 is 0 Å². The molecular formula is C8H10O. The van der Waals surface area contributed by atoms with Gasteiger partial charge in [-0.3, -0.25) is 4.79 Å². The van der Waals surface area contributed by atoms with E-state index in [9.17, 15) is 4.79 Å². The third kappa shape index (κ3) is 1.10. The van der Waals surface area contributed by atoms with Gasteiger partial charge in [0.15, 0.2) is 0 Å². The first-order valence-corrected chi connectivity index (χ1v) is 3.18. The number of allylic oxidation sites excluding steroid dienone is 3. The lowest BCUT2D eigenvalue weighted by Crippen LogP contribution is -1.79. The van der Waals surface area contributed by atoms with Gasteiger partial charge in [-0.25, -0.2) is 0 Å². The van der Waals surface area contributed by atoms with Crippen molar-refractivity contribution < 1.29 is 4.79 Å². The number of hydrogen-bond acceptors (Lipinski definition) is 1. The zero-order valence-electron chi connectivity index (χ0n) is 5.39. The van der Waals surface area contributed by atoms with Crippen LogP contribution in [-0.4, -0.2) is 6.29 Å². The number of carbonyl (C=O) groups excluding carboxylic acids is 1. The largest absolute Gasteiger partial charge is 0.298 e. The van der Waals surface area contributed by atoms with Crippen molar-refractivity contribution in [2.45, 2.75) is 19.3 Å². The standard InChI is InChI=1S/C8H10O/c1-2-7-4-3-5-8(7)6-9/h2,6H,1,3-5H2. The second-order valence-electron chi connectivity index (χ2n) is 2.23. The molecule has 0 bridgehead atoms. The minimum atomic E-state index is 0.948. The Kier molecular flexibility index (Phi) is 1.83. The smallest absolute Gasteiger partial charge is 0.146 e. The minimum Gasteiger partial charge on any atom is -0.298 e. The molecule has 1 nitrogen and oxygen atoms in total. The molecule has 1 aliphatic carbocycles. The summed E-state index contributed by atoms with van der Waals surface area (Å²) in [4.78, 5) is 10.3. The van der Waals surface area contributed by atoms with Gasteiger partial charge >= 0.3 is 0 Å². The number of aldehydes is 1. The normalized spacial score (nSPS) is 18.2. The fourth-order valence-electron chi connectivity index (χ4n) is 1.16. The molecule has 48 valence electrons. The molecule has 0 fully saturated rings. The van der Waals surface area contributed by atoms with Crippen molar-refractivity contribution in [2.24, 2.45) is 0 Å². The van der Waals surface area contributed by atoms with Gasteiger partial charge in [0, 0.05) is 0 Å². The molecule has 0 heterocycles.